The molecule has 1 aliphatic rings. The third-order valence-electron chi connectivity index (χ3n) is 6.03. The van der Waals surface area contributed by atoms with Gasteiger partial charge in [-0.15, -0.1) is 0 Å². The topological polar surface area (TPSA) is 87.3 Å². The first-order valence-corrected chi connectivity index (χ1v) is 10.7. The van der Waals surface area contributed by atoms with E-state index in [1.165, 1.54) is 12.1 Å². The van der Waals surface area contributed by atoms with Crippen LogP contribution >= 0.6 is 0 Å². The average Bonchev–Trinajstić information content (AvgIpc) is 3.35. The molecule has 0 spiro atoms. The highest BCUT2D eigenvalue weighted by molar-refractivity contribution is 5.80. The molecular formula is C26H21N3O4. The zero-order valence-electron chi connectivity index (χ0n) is 17.7. The van der Waals surface area contributed by atoms with E-state index >= 15 is 0 Å². The first-order chi connectivity index (χ1) is 16.1. The van der Waals surface area contributed by atoms with Gasteiger partial charge in [-0.3, -0.25) is 14.9 Å². The Morgan fingerprint density at radius 2 is 1.55 bits per heavy atom. The third-order valence-corrected chi connectivity index (χ3v) is 6.03. The van der Waals surface area contributed by atoms with E-state index in [1.807, 2.05) is 72.9 Å². The molecule has 0 unspecified atom stereocenters. The molecule has 1 aromatic heterocycles. The van der Waals surface area contributed by atoms with Crippen LogP contribution in [0.1, 0.15) is 35.6 Å². The summed E-state index contributed by atoms with van der Waals surface area (Å²) in [5, 5.41) is 15.7. The normalized spacial score (nSPS) is 20.2. The molecule has 0 aliphatic carbocycles. The van der Waals surface area contributed by atoms with Crippen LogP contribution in [0.2, 0.25) is 0 Å². The molecule has 33 heavy (non-hydrogen) atoms. The second kappa shape index (κ2) is 8.70. The fourth-order valence-electron chi connectivity index (χ4n) is 4.40. The SMILES string of the molecule is O=C1O[C@@H](n2ccc(-c3ccccc3)n2)C[C@@H](c2ccccc2)[C@@H]1c1ccc([N+](=O)[O-])cc1. The van der Waals surface area contributed by atoms with Gasteiger partial charge in [-0.2, -0.15) is 5.10 Å². The number of nitro benzene ring substituents is 1. The van der Waals surface area contributed by atoms with Gasteiger partial charge in [0.1, 0.15) is 0 Å². The van der Waals surface area contributed by atoms with Gasteiger partial charge >= 0.3 is 5.97 Å². The van der Waals surface area contributed by atoms with Crippen molar-refractivity contribution >= 4 is 11.7 Å². The predicted molar refractivity (Wildman–Crippen MR) is 122 cm³/mol. The van der Waals surface area contributed by atoms with Crippen LogP contribution in [0.25, 0.3) is 11.3 Å². The largest absolute Gasteiger partial charge is 0.439 e. The van der Waals surface area contributed by atoms with Gasteiger partial charge in [-0.25, -0.2) is 4.68 Å². The highest BCUT2D eigenvalue weighted by Crippen LogP contribution is 2.44. The number of ether oxygens (including phenoxy) is 1. The predicted octanol–water partition coefficient (Wildman–Crippen LogP) is 5.47. The number of nitro groups is 1. The maximum Gasteiger partial charge on any atom is 0.316 e. The molecule has 1 aliphatic heterocycles. The van der Waals surface area contributed by atoms with Crippen LogP contribution in [0, 0.1) is 10.1 Å². The number of esters is 1. The molecule has 5 rings (SSSR count). The van der Waals surface area contributed by atoms with E-state index in [1.54, 1.807) is 16.8 Å². The van der Waals surface area contributed by atoms with Crippen LogP contribution < -0.4 is 0 Å². The van der Waals surface area contributed by atoms with Crippen molar-refractivity contribution in [3.05, 3.63) is 118 Å². The van der Waals surface area contributed by atoms with E-state index in [4.69, 9.17) is 4.74 Å². The Labute approximate surface area is 190 Å². The van der Waals surface area contributed by atoms with Crippen molar-refractivity contribution in [3.8, 4) is 11.3 Å². The summed E-state index contributed by atoms with van der Waals surface area (Å²) >= 11 is 0. The van der Waals surface area contributed by atoms with E-state index in [2.05, 4.69) is 5.10 Å². The number of rotatable bonds is 5. The average molecular weight is 439 g/mol. The monoisotopic (exact) mass is 439 g/mol. The summed E-state index contributed by atoms with van der Waals surface area (Å²) in [7, 11) is 0. The summed E-state index contributed by atoms with van der Waals surface area (Å²) in [6, 6.07) is 27.7. The fraction of sp³-hybridized carbons (Fsp3) is 0.154. The Morgan fingerprint density at radius 3 is 2.21 bits per heavy atom. The molecule has 0 N–H and O–H groups in total. The number of aromatic nitrogens is 2. The molecule has 3 atom stereocenters. The molecule has 4 aromatic rings. The lowest BCUT2D eigenvalue weighted by Crippen LogP contribution is -2.34. The van der Waals surface area contributed by atoms with Gasteiger partial charge in [0.25, 0.3) is 5.69 Å². The molecule has 0 saturated carbocycles. The van der Waals surface area contributed by atoms with Crippen molar-refractivity contribution in [2.24, 2.45) is 0 Å². The van der Waals surface area contributed by atoms with E-state index in [0.29, 0.717) is 12.0 Å². The Hall–Kier alpha value is -4.26. The van der Waals surface area contributed by atoms with Crippen LogP contribution in [0.5, 0.6) is 0 Å². The Morgan fingerprint density at radius 1 is 0.879 bits per heavy atom. The lowest BCUT2D eigenvalue weighted by atomic mass is 9.77. The van der Waals surface area contributed by atoms with E-state index in [9.17, 15) is 14.9 Å². The fourth-order valence-corrected chi connectivity index (χ4v) is 4.40. The van der Waals surface area contributed by atoms with Gasteiger partial charge < -0.3 is 4.74 Å². The molecule has 0 amide bonds. The number of nitrogens with zero attached hydrogens (tertiary/aromatic N) is 3. The third kappa shape index (κ3) is 4.13. The van der Waals surface area contributed by atoms with Crippen LogP contribution in [0.4, 0.5) is 5.69 Å². The van der Waals surface area contributed by atoms with Crippen LogP contribution in [0.3, 0.4) is 0 Å². The van der Waals surface area contributed by atoms with Gasteiger partial charge in [0.15, 0.2) is 6.23 Å². The molecule has 7 heteroatoms. The van der Waals surface area contributed by atoms with Gasteiger partial charge in [0.2, 0.25) is 0 Å². The zero-order chi connectivity index (χ0) is 22.8. The summed E-state index contributed by atoms with van der Waals surface area (Å²) in [6.45, 7) is 0. The lowest BCUT2D eigenvalue weighted by Gasteiger charge is -2.35. The summed E-state index contributed by atoms with van der Waals surface area (Å²) in [6.07, 6.45) is 1.82. The highest BCUT2D eigenvalue weighted by Gasteiger charge is 2.41. The van der Waals surface area contributed by atoms with E-state index < -0.39 is 17.1 Å². The molecule has 1 fully saturated rings. The van der Waals surface area contributed by atoms with E-state index in [-0.39, 0.29) is 17.6 Å². The first-order valence-electron chi connectivity index (χ1n) is 10.7. The van der Waals surface area contributed by atoms with Gasteiger partial charge in [0.05, 0.1) is 16.5 Å². The molecule has 0 radical (unpaired) electrons. The number of cyclic esters (lactones) is 1. The molecule has 3 aromatic carbocycles. The minimum absolute atomic E-state index is 0.0120. The maximum atomic E-state index is 13.3. The molecule has 7 nitrogen and oxygen atoms in total. The number of hydrogen-bond donors (Lipinski definition) is 0. The second-order valence-corrected chi connectivity index (χ2v) is 8.02. The molecule has 1 saturated heterocycles. The smallest absolute Gasteiger partial charge is 0.316 e. The van der Waals surface area contributed by atoms with Crippen molar-refractivity contribution in [1.82, 2.24) is 9.78 Å². The summed E-state index contributed by atoms with van der Waals surface area (Å²) in [5.41, 5.74) is 3.49. The number of non-ortho nitro benzene ring substituents is 1. The van der Waals surface area contributed by atoms with Crippen LogP contribution in [-0.4, -0.2) is 20.7 Å². The van der Waals surface area contributed by atoms with Crippen LogP contribution in [-0.2, 0) is 9.53 Å². The van der Waals surface area contributed by atoms with Gasteiger partial charge in [0, 0.05) is 36.2 Å². The molecular weight excluding hydrogens is 418 g/mol. The number of benzene rings is 3. The second-order valence-electron chi connectivity index (χ2n) is 8.02. The Balaban J connectivity index is 1.48. The lowest BCUT2D eigenvalue weighted by molar-refractivity contribution is -0.384. The zero-order valence-corrected chi connectivity index (χ0v) is 17.7. The van der Waals surface area contributed by atoms with Crippen molar-refractivity contribution in [1.29, 1.82) is 0 Å². The molecule has 164 valence electrons. The van der Waals surface area contributed by atoms with Crippen molar-refractivity contribution in [3.63, 3.8) is 0 Å². The number of carbonyl (C=O) groups is 1. The summed E-state index contributed by atoms with van der Waals surface area (Å²) in [5.74, 6) is -1.09. The quantitative estimate of drug-likeness (QED) is 0.234. The van der Waals surface area contributed by atoms with E-state index in [0.717, 1.165) is 16.8 Å². The van der Waals surface area contributed by atoms with Gasteiger partial charge in [-0.05, 0) is 17.2 Å². The minimum Gasteiger partial charge on any atom is -0.439 e. The minimum atomic E-state index is -0.561. The van der Waals surface area contributed by atoms with Crippen molar-refractivity contribution in [2.45, 2.75) is 24.5 Å². The highest BCUT2D eigenvalue weighted by atomic mass is 16.6. The number of carbonyl (C=O) groups excluding carboxylic acids is 1. The Bertz CT molecular complexity index is 1270. The standard InChI is InChI=1S/C26H21N3O4/c30-26-25(20-11-13-21(14-12-20)29(31)32)22(18-7-3-1-4-8-18)17-24(33-26)28-16-15-23(27-28)19-9-5-2-6-10-19/h1-16,22,24-25H,17H2/t22-,24+,25-/m0/s1. The molecule has 0 bridgehead atoms. The first kappa shape index (κ1) is 20.6. The maximum absolute atomic E-state index is 13.3. The van der Waals surface area contributed by atoms with Crippen molar-refractivity contribution in [2.75, 3.05) is 0 Å². The van der Waals surface area contributed by atoms with Crippen LogP contribution in [0.15, 0.2) is 97.2 Å². The summed E-state index contributed by atoms with van der Waals surface area (Å²) in [4.78, 5) is 23.9. The van der Waals surface area contributed by atoms with Gasteiger partial charge in [-0.1, -0.05) is 72.8 Å². The summed E-state index contributed by atoms with van der Waals surface area (Å²) < 4.78 is 7.54. The van der Waals surface area contributed by atoms with Crippen molar-refractivity contribution < 1.29 is 14.5 Å². The Kier molecular flexibility index (Phi) is 5.44. The molecule has 2 heterocycles. The number of hydrogen-bond acceptors (Lipinski definition) is 5.